The van der Waals surface area contributed by atoms with Crippen LogP contribution in [-0.2, 0) is 0 Å². The van der Waals surface area contributed by atoms with E-state index in [1.165, 1.54) is 6.20 Å². The zero-order valence-corrected chi connectivity index (χ0v) is 16.9. The average molecular weight is 421 g/mol. The highest BCUT2D eigenvalue weighted by molar-refractivity contribution is 5.98. The molecule has 1 fully saturated rings. The van der Waals surface area contributed by atoms with Crippen LogP contribution >= 0.6 is 0 Å². The first kappa shape index (κ1) is 20.7. The van der Waals surface area contributed by atoms with Crippen LogP contribution in [0.3, 0.4) is 0 Å². The average Bonchev–Trinajstić information content (AvgIpc) is 2.78. The molecule has 160 valence electrons. The predicted octanol–water partition coefficient (Wildman–Crippen LogP) is 3.20. The minimum Gasteiger partial charge on any atom is -0.365 e. The SMILES string of the molecule is NC(=O)c1cc(F)c(NC2CCCCC2N)nc1Nc1cnnc(-c2ccccc2)c1. The number of benzene rings is 1. The molecule has 2 heterocycles. The van der Waals surface area contributed by atoms with Gasteiger partial charge < -0.3 is 22.1 Å². The predicted molar refractivity (Wildman–Crippen MR) is 117 cm³/mol. The van der Waals surface area contributed by atoms with E-state index in [0.29, 0.717) is 11.4 Å². The number of nitrogens with zero attached hydrogens (tertiary/aromatic N) is 3. The van der Waals surface area contributed by atoms with Crippen LogP contribution in [0.1, 0.15) is 36.0 Å². The van der Waals surface area contributed by atoms with Crippen LogP contribution in [0.25, 0.3) is 11.3 Å². The molecule has 1 aliphatic rings. The second-order valence-electron chi connectivity index (χ2n) is 7.60. The molecule has 1 amide bonds. The number of carbonyl (C=O) groups excluding carboxylic acids is 1. The van der Waals surface area contributed by atoms with E-state index < -0.39 is 11.7 Å². The molecular formula is C22H24FN7O. The number of hydrogen-bond acceptors (Lipinski definition) is 7. The number of anilines is 3. The largest absolute Gasteiger partial charge is 0.365 e. The van der Waals surface area contributed by atoms with Crippen LogP contribution in [0.5, 0.6) is 0 Å². The van der Waals surface area contributed by atoms with Crippen LogP contribution in [0.4, 0.5) is 21.7 Å². The van der Waals surface area contributed by atoms with Gasteiger partial charge >= 0.3 is 0 Å². The third-order valence-corrected chi connectivity index (χ3v) is 5.37. The molecule has 0 aliphatic heterocycles. The fourth-order valence-electron chi connectivity index (χ4n) is 3.71. The Morgan fingerprint density at radius 3 is 2.61 bits per heavy atom. The van der Waals surface area contributed by atoms with Gasteiger partial charge in [-0.15, -0.1) is 0 Å². The highest BCUT2D eigenvalue weighted by Crippen LogP contribution is 2.27. The number of nitrogens with two attached hydrogens (primary N) is 2. The molecule has 2 aromatic heterocycles. The van der Waals surface area contributed by atoms with Crippen molar-refractivity contribution in [2.45, 2.75) is 37.8 Å². The van der Waals surface area contributed by atoms with Gasteiger partial charge in [-0.2, -0.15) is 10.2 Å². The van der Waals surface area contributed by atoms with Gasteiger partial charge in [0.2, 0.25) is 0 Å². The van der Waals surface area contributed by atoms with Gasteiger partial charge in [0.15, 0.2) is 11.6 Å². The molecule has 2 atom stereocenters. The molecule has 1 aromatic carbocycles. The lowest BCUT2D eigenvalue weighted by Crippen LogP contribution is -2.43. The number of halogens is 1. The minimum atomic E-state index is -0.792. The number of rotatable bonds is 6. The first-order valence-electron chi connectivity index (χ1n) is 10.2. The summed E-state index contributed by atoms with van der Waals surface area (Å²) < 4.78 is 14.7. The molecule has 31 heavy (non-hydrogen) atoms. The lowest BCUT2D eigenvalue weighted by atomic mass is 9.91. The summed E-state index contributed by atoms with van der Waals surface area (Å²) in [6.45, 7) is 0. The number of aromatic nitrogens is 3. The summed E-state index contributed by atoms with van der Waals surface area (Å²) in [6.07, 6.45) is 5.27. The summed E-state index contributed by atoms with van der Waals surface area (Å²) in [5.74, 6) is -1.29. The van der Waals surface area contributed by atoms with Crippen molar-refractivity contribution in [3.63, 3.8) is 0 Å². The summed E-state index contributed by atoms with van der Waals surface area (Å²) >= 11 is 0. The maximum absolute atomic E-state index is 14.7. The van der Waals surface area contributed by atoms with E-state index in [2.05, 4.69) is 25.8 Å². The van der Waals surface area contributed by atoms with Crippen LogP contribution in [0.15, 0.2) is 48.7 Å². The Bertz CT molecular complexity index is 1080. The molecule has 6 N–H and O–H groups in total. The zero-order valence-electron chi connectivity index (χ0n) is 16.9. The van der Waals surface area contributed by atoms with Gasteiger partial charge in [0.25, 0.3) is 5.91 Å². The Kier molecular flexibility index (Phi) is 6.03. The molecule has 0 saturated heterocycles. The summed E-state index contributed by atoms with van der Waals surface area (Å²) in [4.78, 5) is 16.2. The lowest BCUT2D eigenvalue weighted by Gasteiger charge is -2.30. The molecule has 0 spiro atoms. The maximum atomic E-state index is 14.7. The van der Waals surface area contributed by atoms with Crippen molar-refractivity contribution in [1.82, 2.24) is 15.2 Å². The van der Waals surface area contributed by atoms with Crippen LogP contribution in [0.2, 0.25) is 0 Å². The van der Waals surface area contributed by atoms with Gasteiger partial charge in [0.05, 0.1) is 23.1 Å². The monoisotopic (exact) mass is 421 g/mol. The van der Waals surface area contributed by atoms with Gasteiger partial charge in [-0.05, 0) is 25.0 Å². The number of primary amides is 1. The molecule has 8 nitrogen and oxygen atoms in total. The van der Waals surface area contributed by atoms with Crippen molar-refractivity contribution in [3.8, 4) is 11.3 Å². The number of amides is 1. The second-order valence-corrected chi connectivity index (χ2v) is 7.60. The molecule has 9 heteroatoms. The summed E-state index contributed by atoms with van der Waals surface area (Å²) in [7, 11) is 0. The number of pyridine rings is 1. The van der Waals surface area contributed by atoms with Crippen molar-refractivity contribution in [3.05, 3.63) is 60.0 Å². The van der Waals surface area contributed by atoms with E-state index in [4.69, 9.17) is 11.5 Å². The van der Waals surface area contributed by atoms with E-state index in [0.717, 1.165) is 37.3 Å². The van der Waals surface area contributed by atoms with Crippen LogP contribution < -0.4 is 22.1 Å². The molecule has 0 radical (unpaired) electrons. The van der Waals surface area contributed by atoms with Gasteiger partial charge in [-0.25, -0.2) is 9.37 Å². The van der Waals surface area contributed by atoms with E-state index in [1.54, 1.807) is 6.07 Å². The summed E-state index contributed by atoms with van der Waals surface area (Å²) in [5.41, 5.74) is 13.6. The Morgan fingerprint density at radius 2 is 1.87 bits per heavy atom. The van der Waals surface area contributed by atoms with E-state index in [9.17, 15) is 9.18 Å². The fraction of sp³-hybridized carbons (Fsp3) is 0.273. The molecule has 4 rings (SSSR count). The number of nitrogens with one attached hydrogen (secondary N) is 2. The highest BCUT2D eigenvalue weighted by atomic mass is 19.1. The van der Waals surface area contributed by atoms with Gasteiger partial charge in [-0.3, -0.25) is 4.79 Å². The molecule has 3 aromatic rings. The first-order valence-corrected chi connectivity index (χ1v) is 10.2. The summed E-state index contributed by atoms with van der Waals surface area (Å²) in [5, 5.41) is 14.3. The first-order chi connectivity index (χ1) is 15.0. The Balaban J connectivity index is 1.64. The van der Waals surface area contributed by atoms with Crippen molar-refractivity contribution >= 4 is 23.2 Å². The van der Waals surface area contributed by atoms with E-state index in [-0.39, 0.29) is 29.3 Å². The Hall–Kier alpha value is -3.59. The van der Waals surface area contributed by atoms with Gasteiger partial charge in [0, 0.05) is 17.6 Å². The van der Waals surface area contributed by atoms with Crippen molar-refractivity contribution in [2.75, 3.05) is 10.6 Å². The quantitative estimate of drug-likeness (QED) is 0.480. The number of carbonyl (C=O) groups is 1. The third kappa shape index (κ3) is 4.77. The van der Waals surface area contributed by atoms with Crippen molar-refractivity contribution in [1.29, 1.82) is 0 Å². The van der Waals surface area contributed by atoms with Crippen LogP contribution in [-0.4, -0.2) is 33.2 Å². The lowest BCUT2D eigenvalue weighted by molar-refractivity contribution is 0.100. The Labute approximate surface area is 179 Å². The minimum absolute atomic E-state index is 0.0279. The van der Waals surface area contributed by atoms with Crippen LogP contribution in [0, 0.1) is 5.82 Å². The zero-order chi connectivity index (χ0) is 21.8. The van der Waals surface area contributed by atoms with Gasteiger partial charge in [0.1, 0.15) is 5.82 Å². The Morgan fingerprint density at radius 1 is 1.10 bits per heavy atom. The molecule has 1 saturated carbocycles. The molecule has 1 aliphatic carbocycles. The van der Waals surface area contributed by atoms with E-state index in [1.807, 2.05) is 30.3 Å². The molecular weight excluding hydrogens is 397 g/mol. The highest BCUT2D eigenvalue weighted by Gasteiger charge is 2.24. The maximum Gasteiger partial charge on any atom is 0.252 e. The van der Waals surface area contributed by atoms with E-state index >= 15 is 0 Å². The topological polar surface area (TPSA) is 132 Å². The molecule has 0 bridgehead atoms. The second kappa shape index (κ2) is 9.05. The standard InChI is InChI=1S/C22H24FN7O/c23-16-11-15(20(25)31)21(29-22(16)28-18-9-5-4-8-17(18)24)27-14-10-19(30-26-12-14)13-6-2-1-3-7-13/h1-3,6-7,10-12,17-18H,4-5,8-9,24H2,(H2,25,31)(H2,27,28,29,30). The van der Waals surface area contributed by atoms with Crippen molar-refractivity contribution in [2.24, 2.45) is 11.5 Å². The van der Waals surface area contributed by atoms with Crippen molar-refractivity contribution < 1.29 is 9.18 Å². The molecule has 2 unspecified atom stereocenters. The fourth-order valence-corrected chi connectivity index (χ4v) is 3.71. The third-order valence-electron chi connectivity index (χ3n) is 5.37. The number of hydrogen-bond donors (Lipinski definition) is 4. The van der Waals surface area contributed by atoms with Gasteiger partial charge in [-0.1, -0.05) is 43.2 Å². The normalized spacial score (nSPS) is 18.4. The smallest absolute Gasteiger partial charge is 0.252 e. The summed E-state index contributed by atoms with van der Waals surface area (Å²) in [6, 6.07) is 12.2.